The molecule has 15 N–H and O–H groups in total. The molecule has 24 heteroatoms. The second-order valence-electron chi connectivity index (χ2n) is 18.0. The Morgan fingerprint density at radius 3 is 1.90 bits per heavy atom. The van der Waals surface area contributed by atoms with Crippen LogP contribution in [0.2, 0.25) is 0 Å². The lowest BCUT2D eigenvalue weighted by Crippen LogP contribution is -2.63. The Morgan fingerprint density at radius 1 is 0.708 bits per heavy atom. The number of benzene rings is 2. The molecule has 8 amide bonds. The summed E-state index contributed by atoms with van der Waals surface area (Å²) in [6.07, 6.45) is -2.68. The summed E-state index contributed by atoms with van der Waals surface area (Å²) < 4.78 is 0. The molecule has 3 aromatic rings. The van der Waals surface area contributed by atoms with Gasteiger partial charge in [0.1, 0.15) is 42.3 Å². The van der Waals surface area contributed by atoms with Gasteiger partial charge in [-0.1, -0.05) is 68.8 Å². The Labute approximate surface area is 414 Å². The lowest BCUT2D eigenvalue weighted by atomic mass is 9.96. The number of hydrogen-bond acceptors (Lipinski definition) is 13. The van der Waals surface area contributed by atoms with Crippen molar-refractivity contribution in [2.45, 2.75) is 140 Å². The number of para-hydroxylation sites is 1. The molecule has 24 nitrogen and oxygen atoms in total. The average Bonchev–Trinajstić information content (AvgIpc) is 4.00. The normalized spacial score (nSPS) is 17.5. The third-order valence-electron chi connectivity index (χ3n) is 12.4. The van der Waals surface area contributed by atoms with Crippen molar-refractivity contribution >= 4 is 70.1 Å². The summed E-state index contributed by atoms with van der Waals surface area (Å²) >= 11 is 0. The van der Waals surface area contributed by atoms with E-state index in [4.69, 9.17) is 16.6 Å². The lowest BCUT2D eigenvalue weighted by Gasteiger charge is -2.32. The van der Waals surface area contributed by atoms with Gasteiger partial charge in [0.15, 0.2) is 0 Å². The fourth-order valence-corrected chi connectivity index (χ4v) is 8.14. The van der Waals surface area contributed by atoms with E-state index in [0.29, 0.717) is 17.5 Å². The zero-order valence-electron chi connectivity index (χ0n) is 40.5. The maximum atomic E-state index is 14.3. The zero-order chi connectivity index (χ0) is 53.4. The molecule has 1 aliphatic heterocycles. The first-order valence-corrected chi connectivity index (χ1v) is 23.6. The van der Waals surface area contributed by atoms with Crippen LogP contribution < -0.4 is 43.4 Å². The van der Waals surface area contributed by atoms with Crippen molar-refractivity contribution in [2.24, 2.45) is 17.4 Å². The van der Waals surface area contributed by atoms with E-state index in [0.717, 1.165) is 15.8 Å². The number of rotatable bonds is 27. The highest BCUT2D eigenvalue weighted by Gasteiger charge is 2.42. The molecule has 0 bridgehead atoms. The van der Waals surface area contributed by atoms with E-state index >= 15 is 0 Å². The number of H-pyrrole nitrogens is 1. The maximum Gasteiger partial charge on any atom is 0.326 e. The molecule has 392 valence electrons. The number of carbonyl (C=O) groups is 10. The molecule has 0 spiro atoms. The molecular formula is C48H66N10O14. The number of amides is 8. The number of fused-ring (bicyclic) bond motifs is 1. The fraction of sp³-hybridized carbons (Fsp3) is 0.500. The van der Waals surface area contributed by atoms with Gasteiger partial charge in [-0.05, 0) is 56.2 Å². The Hall–Kier alpha value is -7.44. The number of aromatic amines is 1. The molecular weight excluding hydrogens is 941 g/mol. The first kappa shape index (κ1) is 57.1. The number of hydrogen-bond donors (Lipinski definition) is 13. The van der Waals surface area contributed by atoms with E-state index in [2.05, 4.69) is 36.9 Å². The molecule has 2 heterocycles. The van der Waals surface area contributed by atoms with Gasteiger partial charge in [0.25, 0.3) is 0 Å². The molecule has 1 aliphatic rings. The summed E-state index contributed by atoms with van der Waals surface area (Å²) in [6, 6.07) is 3.39. The fourth-order valence-electron chi connectivity index (χ4n) is 8.14. The quantitative estimate of drug-likeness (QED) is 0.0386. The van der Waals surface area contributed by atoms with Crippen molar-refractivity contribution in [3.63, 3.8) is 0 Å². The second kappa shape index (κ2) is 26.7. The van der Waals surface area contributed by atoms with Crippen molar-refractivity contribution in [1.29, 1.82) is 0 Å². The minimum atomic E-state index is -1.74. The topological polar surface area (TPSA) is 395 Å². The lowest BCUT2D eigenvalue weighted by molar-refractivity contribution is -0.145. The summed E-state index contributed by atoms with van der Waals surface area (Å²) in [5.41, 5.74) is 13.1. The summed E-state index contributed by atoms with van der Waals surface area (Å²) in [5.74, 6) is -10.8. The molecule has 0 unspecified atom stereocenters. The summed E-state index contributed by atoms with van der Waals surface area (Å²) in [7, 11) is 0. The van der Waals surface area contributed by atoms with Gasteiger partial charge in [-0.15, -0.1) is 0 Å². The number of nitrogens with one attached hydrogen (secondary N) is 7. The smallest absolute Gasteiger partial charge is 0.326 e. The number of primary amides is 1. The van der Waals surface area contributed by atoms with E-state index in [9.17, 15) is 63.3 Å². The van der Waals surface area contributed by atoms with Crippen LogP contribution in [-0.2, 0) is 60.8 Å². The van der Waals surface area contributed by atoms with Gasteiger partial charge in [-0.25, -0.2) is 4.79 Å². The first-order valence-electron chi connectivity index (χ1n) is 23.6. The Balaban J connectivity index is 1.51. The highest BCUT2D eigenvalue weighted by atomic mass is 16.4. The van der Waals surface area contributed by atoms with Gasteiger partial charge >= 0.3 is 11.9 Å². The molecule has 1 aromatic heterocycles. The standard InChI is InChI=1S/C48H66N10O14/c1-5-24(2)38(55-41(64)30(49)17-18-37(62)63)45(68)56-39(25(3)59)46(69)53-32(20-27-12-7-6-8-13-27)43(66)57-40(26(4)60)47(70)58-19-11-16-35(58)44(67)52-33(22-36(50)61)42(65)54-34(48(71)72)21-28-23-51-31-15-10-9-14-29(28)31/h6-10,12-15,23-26,30,32-35,38-40,51,59-60H,5,11,16-22,49H2,1-4H3,(H2,50,61)(H,52,67)(H,53,69)(H,54,65)(H,55,64)(H,56,68)(H,57,66)(H,62,63)(H,71,72)/t24-,25+,26+,30-,32-,33-,34-,35-,38-,39-,40-/m0/s1. The minimum Gasteiger partial charge on any atom is -0.481 e. The van der Waals surface area contributed by atoms with E-state index in [1.807, 2.05) is 0 Å². The van der Waals surface area contributed by atoms with Crippen LogP contribution in [0, 0.1) is 5.92 Å². The van der Waals surface area contributed by atoms with Gasteiger partial charge in [0.05, 0.1) is 24.7 Å². The van der Waals surface area contributed by atoms with Crippen LogP contribution in [0.15, 0.2) is 60.8 Å². The number of carboxylic acids is 2. The predicted octanol–water partition coefficient (Wildman–Crippen LogP) is -2.19. The molecule has 72 heavy (non-hydrogen) atoms. The second-order valence-corrected chi connectivity index (χ2v) is 18.0. The van der Waals surface area contributed by atoms with Crippen LogP contribution in [0.4, 0.5) is 0 Å². The molecule has 0 radical (unpaired) electrons. The van der Waals surface area contributed by atoms with Gasteiger partial charge in [0, 0.05) is 42.9 Å². The molecule has 4 rings (SSSR count). The number of nitrogens with zero attached hydrogens (tertiary/aromatic N) is 1. The van der Waals surface area contributed by atoms with Crippen LogP contribution in [0.3, 0.4) is 0 Å². The molecule has 1 saturated heterocycles. The number of aliphatic carboxylic acids is 2. The maximum absolute atomic E-state index is 14.3. The summed E-state index contributed by atoms with van der Waals surface area (Å²) in [6.45, 7) is 5.71. The van der Waals surface area contributed by atoms with Crippen LogP contribution in [0.5, 0.6) is 0 Å². The molecule has 1 fully saturated rings. The number of nitrogens with two attached hydrogens (primary N) is 2. The van der Waals surface area contributed by atoms with Crippen molar-refractivity contribution in [3.05, 3.63) is 71.9 Å². The number of aromatic nitrogens is 1. The van der Waals surface area contributed by atoms with Crippen molar-refractivity contribution < 1.29 is 68.4 Å². The van der Waals surface area contributed by atoms with Crippen molar-refractivity contribution in [3.8, 4) is 0 Å². The average molecular weight is 1010 g/mol. The largest absolute Gasteiger partial charge is 0.481 e. The summed E-state index contributed by atoms with van der Waals surface area (Å²) in [4.78, 5) is 136. The third-order valence-corrected chi connectivity index (χ3v) is 12.4. The van der Waals surface area contributed by atoms with E-state index in [-0.39, 0.29) is 38.6 Å². The van der Waals surface area contributed by atoms with Gasteiger partial charge < -0.3 is 73.7 Å². The molecule has 2 aromatic carbocycles. The van der Waals surface area contributed by atoms with E-state index in [1.165, 1.54) is 13.8 Å². The number of carboxylic acid groups (broad SMARTS) is 2. The number of likely N-dealkylation sites (tertiary alicyclic amines) is 1. The van der Waals surface area contributed by atoms with Crippen LogP contribution >= 0.6 is 0 Å². The third kappa shape index (κ3) is 16.0. The number of aliphatic hydroxyl groups is 2. The van der Waals surface area contributed by atoms with Gasteiger partial charge in [-0.2, -0.15) is 0 Å². The van der Waals surface area contributed by atoms with Crippen LogP contribution in [0.25, 0.3) is 10.9 Å². The predicted molar refractivity (Wildman–Crippen MR) is 258 cm³/mol. The summed E-state index contributed by atoms with van der Waals surface area (Å²) in [5, 5.41) is 56.2. The monoisotopic (exact) mass is 1010 g/mol. The Morgan fingerprint density at radius 2 is 1.29 bits per heavy atom. The van der Waals surface area contributed by atoms with Gasteiger partial charge in [0.2, 0.25) is 47.3 Å². The highest BCUT2D eigenvalue weighted by molar-refractivity contribution is 5.99. The minimum absolute atomic E-state index is 0.0412. The Kier molecular flexibility index (Phi) is 21.2. The number of aliphatic hydroxyl groups excluding tert-OH is 2. The van der Waals surface area contributed by atoms with Crippen LogP contribution in [0.1, 0.15) is 77.3 Å². The molecule has 11 atom stereocenters. The van der Waals surface area contributed by atoms with E-state index in [1.54, 1.807) is 74.6 Å². The van der Waals surface area contributed by atoms with Crippen LogP contribution in [-0.4, -0.2) is 157 Å². The SMILES string of the molecule is CC[C@H](C)[C@H](NC(=O)[C@@H](N)CCC(=O)O)C(=O)N[C@H](C(=O)N[C@@H](Cc1ccccc1)C(=O)N[C@H](C(=O)N1CCC[C@H]1C(=O)N[C@@H](CC(N)=O)C(=O)N[C@@H](Cc1c[nH]c2ccccc12)C(=O)O)[C@@H](C)O)[C@@H](C)O. The highest BCUT2D eigenvalue weighted by Crippen LogP contribution is 2.22. The first-order chi connectivity index (χ1) is 34.0. The molecule has 0 saturated carbocycles. The Bertz CT molecular complexity index is 2430. The van der Waals surface area contributed by atoms with E-state index < -0.39 is 138 Å². The van der Waals surface area contributed by atoms with Gasteiger partial charge in [-0.3, -0.25) is 43.2 Å². The van der Waals surface area contributed by atoms with Crippen molar-refractivity contribution in [2.75, 3.05) is 6.54 Å². The molecule has 0 aliphatic carbocycles. The number of carbonyl (C=O) groups excluding carboxylic acids is 8. The zero-order valence-corrected chi connectivity index (χ0v) is 40.5. The van der Waals surface area contributed by atoms with Crippen molar-refractivity contribution in [1.82, 2.24) is 41.8 Å².